The van der Waals surface area contributed by atoms with E-state index in [0.29, 0.717) is 11.6 Å². The molecule has 0 unspecified atom stereocenters. The first-order valence-electron chi connectivity index (χ1n) is 6.24. The third-order valence-corrected chi connectivity index (χ3v) is 3.07. The Balaban J connectivity index is 1.78. The molecule has 1 aliphatic carbocycles. The summed E-state index contributed by atoms with van der Waals surface area (Å²) in [5.74, 6) is 0.216. The van der Waals surface area contributed by atoms with E-state index in [4.69, 9.17) is 0 Å². The molecule has 0 radical (unpaired) electrons. The van der Waals surface area contributed by atoms with Crippen molar-refractivity contribution in [2.75, 3.05) is 5.32 Å². The van der Waals surface area contributed by atoms with Gasteiger partial charge in [0.2, 0.25) is 0 Å². The van der Waals surface area contributed by atoms with E-state index in [0.717, 1.165) is 0 Å². The molecule has 1 aromatic carbocycles. The van der Waals surface area contributed by atoms with E-state index in [1.807, 2.05) is 6.08 Å². The van der Waals surface area contributed by atoms with Crippen LogP contribution in [0.3, 0.4) is 0 Å². The molecule has 2 rings (SSSR count). The second kappa shape index (κ2) is 6.19. The number of carbonyl (C=O) groups excluding carboxylic acids is 1. The maximum Gasteiger partial charge on any atom is 0.323 e. The van der Waals surface area contributed by atoms with Gasteiger partial charge >= 0.3 is 6.03 Å². The largest absolute Gasteiger partial charge is 0.323 e. The van der Waals surface area contributed by atoms with Crippen molar-refractivity contribution in [1.29, 1.82) is 0 Å². The van der Waals surface area contributed by atoms with E-state index in [2.05, 4.69) is 10.6 Å². The lowest BCUT2D eigenvalue weighted by atomic mass is 10.1. The number of amides is 2. The highest BCUT2D eigenvalue weighted by Gasteiger charge is 2.11. The Morgan fingerprint density at radius 3 is 2.83 bits per heavy atom. The molecule has 0 aromatic heterocycles. The summed E-state index contributed by atoms with van der Waals surface area (Å²) in [5, 5.41) is 5.19. The van der Waals surface area contributed by atoms with Gasteiger partial charge in [0, 0.05) is 11.9 Å². The number of halogens is 1. The second-order valence-electron chi connectivity index (χ2n) is 4.51. The summed E-state index contributed by atoms with van der Waals surface area (Å²) in [6, 6.07) is 5.46. The molecule has 1 fully saturated rings. The molecule has 0 bridgehead atoms. The van der Waals surface area contributed by atoms with Crippen molar-refractivity contribution in [3.05, 3.63) is 42.4 Å². The molecule has 96 valence electrons. The maximum atomic E-state index is 12.9. The highest BCUT2D eigenvalue weighted by molar-refractivity contribution is 5.89. The number of benzene rings is 1. The standard InChI is InChI=1S/C14H17FN2O/c15-12-6-3-7-13(10-12)17-14(18)16-9-8-11-4-1-2-5-11/h3,6-11H,1-2,4-5H2,(H2,16,17,18)/b9-8+. The van der Waals surface area contributed by atoms with Crippen LogP contribution in [0.1, 0.15) is 25.7 Å². The van der Waals surface area contributed by atoms with Crippen LogP contribution in [0.2, 0.25) is 0 Å². The van der Waals surface area contributed by atoms with Gasteiger partial charge in [0.15, 0.2) is 0 Å². The van der Waals surface area contributed by atoms with Crippen LogP contribution in [0.4, 0.5) is 14.9 Å². The van der Waals surface area contributed by atoms with Crippen molar-refractivity contribution >= 4 is 11.7 Å². The normalized spacial score (nSPS) is 16.1. The Kier molecular flexibility index (Phi) is 4.34. The minimum Gasteiger partial charge on any atom is -0.315 e. The molecule has 18 heavy (non-hydrogen) atoms. The Morgan fingerprint density at radius 1 is 1.33 bits per heavy atom. The number of anilines is 1. The predicted molar refractivity (Wildman–Crippen MR) is 69.7 cm³/mol. The fraction of sp³-hybridized carbons (Fsp3) is 0.357. The molecule has 1 aliphatic rings. The number of carbonyl (C=O) groups is 1. The highest BCUT2D eigenvalue weighted by Crippen LogP contribution is 2.25. The SMILES string of the molecule is O=C(N/C=C/C1CCCC1)Nc1cccc(F)c1. The molecule has 3 nitrogen and oxygen atoms in total. The van der Waals surface area contributed by atoms with E-state index in [9.17, 15) is 9.18 Å². The van der Waals surface area contributed by atoms with E-state index in [-0.39, 0.29) is 11.8 Å². The van der Waals surface area contributed by atoms with Crippen LogP contribution in [-0.4, -0.2) is 6.03 Å². The van der Waals surface area contributed by atoms with Crippen LogP contribution in [0.25, 0.3) is 0 Å². The van der Waals surface area contributed by atoms with Gasteiger partial charge in [-0.15, -0.1) is 0 Å². The van der Waals surface area contributed by atoms with Gasteiger partial charge in [-0.25, -0.2) is 9.18 Å². The second-order valence-corrected chi connectivity index (χ2v) is 4.51. The molecular weight excluding hydrogens is 231 g/mol. The lowest BCUT2D eigenvalue weighted by Gasteiger charge is -2.05. The highest BCUT2D eigenvalue weighted by atomic mass is 19.1. The zero-order valence-electron chi connectivity index (χ0n) is 10.2. The summed E-state index contributed by atoms with van der Waals surface area (Å²) in [6.45, 7) is 0. The van der Waals surface area contributed by atoms with Crippen molar-refractivity contribution < 1.29 is 9.18 Å². The number of allylic oxidation sites excluding steroid dienone is 1. The van der Waals surface area contributed by atoms with Crippen LogP contribution in [0.5, 0.6) is 0 Å². The third kappa shape index (κ3) is 3.87. The molecule has 0 heterocycles. The molecule has 1 aromatic rings. The minimum atomic E-state index is -0.366. The van der Waals surface area contributed by atoms with Crippen LogP contribution < -0.4 is 10.6 Å². The lowest BCUT2D eigenvalue weighted by Crippen LogP contribution is -2.24. The minimum absolute atomic E-state index is 0.352. The quantitative estimate of drug-likeness (QED) is 0.842. The van der Waals surface area contributed by atoms with Crippen LogP contribution in [0.15, 0.2) is 36.5 Å². The Morgan fingerprint density at radius 2 is 2.11 bits per heavy atom. The molecule has 0 spiro atoms. The van der Waals surface area contributed by atoms with Crippen LogP contribution >= 0.6 is 0 Å². The predicted octanol–water partition coefficient (Wildman–Crippen LogP) is 3.65. The molecule has 2 amide bonds. The summed E-state index contributed by atoms with van der Waals surface area (Å²) in [4.78, 5) is 11.5. The Labute approximate surface area is 106 Å². The van der Waals surface area contributed by atoms with Gasteiger partial charge in [-0.1, -0.05) is 25.0 Å². The van der Waals surface area contributed by atoms with Crippen molar-refractivity contribution in [3.63, 3.8) is 0 Å². The van der Waals surface area contributed by atoms with Crippen molar-refractivity contribution in [2.24, 2.45) is 5.92 Å². The van der Waals surface area contributed by atoms with E-state index < -0.39 is 0 Å². The summed E-state index contributed by atoms with van der Waals surface area (Å²) < 4.78 is 12.9. The smallest absolute Gasteiger partial charge is 0.315 e. The molecule has 1 saturated carbocycles. The summed E-state index contributed by atoms with van der Waals surface area (Å²) in [7, 11) is 0. The van der Waals surface area contributed by atoms with Crippen molar-refractivity contribution in [1.82, 2.24) is 5.32 Å². The van der Waals surface area contributed by atoms with Gasteiger partial charge in [0.05, 0.1) is 0 Å². The monoisotopic (exact) mass is 248 g/mol. The van der Waals surface area contributed by atoms with Crippen molar-refractivity contribution in [2.45, 2.75) is 25.7 Å². The molecular formula is C14H17FN2O. The molecule has 2 N–H and O–H groups in total. The van der Waals surface area contributed by atoms with Gasteiger partial charge in [-0.2, -0.15) is 0 Å². The number of rotatable bonds is 3. The summed E-state index contributed by atoms with van der Waals surface area (Å²) >= 11 is 0. The molecule has 0 atom stereocenters. The Bertz CT molecular complexity index is 439. The first-order valence-corrected chi connectivity index (χ1v) is 6.24. The third-order valence-electron chi connectivity index (χ3n) is 3.07. The van der Waals surface area contributed by atoms with E-state index >= 15 is 0 Å². The first-order chi connectivity index (χ1) is 8.74. The molecule has 0 saturated heterocycles. The number of urea groups is 1. The fourth-order valence-corrected chi connectivity index (χ4v) is 2.14. The molecule has 0 aliphatic heterocycles. The average molecular weight is 248 g/mol. The van der Waals surface area contributed by atoms with Gasteiger partial charge in [-0.3, -0.25) is 0 Å². The number of hydrogen-bond acceptors (Lipinski definition) is 1. The van der Waals surface area contributed by atoms with Gasteiger partial charge in [0.25, 0.3) is 0 Å². The lowest BCUT2D eigenvalue weighted by molar-refractivity contribution is 0.255. The van der Waals surface area contributed by atoms with Gasteiger partial charge in [0.1, 0.15) is 5.82 Å². The van der Waals surface area contributed by atoms with Crippen LogP contribution in [0, 0.1) is 11.7 Å². The summed E-state index contributed by atoms with van der Waals surface area (Å²) in [5.41, 5.74) is 0.446. The maximum absolute atomic E-state index is 12.9. The fourth-order valence-electron chi connectivity index (χ4n) is 2.14. The van der Waals surface area contributed by atoms with Gasteiger partial charge < -0.3 is 10.6 Å². The van der Waals surface area contributed by atoms with Crippen LogP contribution in [-0.2, 0) is 0 Å². The van der Waals surface area contributed by atoms with E-state index in [1.54, 1.807) is 18.3 Å². The summed E-state index contributed by atoms with van der Waals surface area (Å²) in [6.07, 6.45) is 8.63. The zero-order valence-corrected chi connectivity index (χ0v) is 10.2. The van der Waals surface area contributed by atoms with E-state index in [1.165, 1.54) is 37.8 Å². The van der Waals surface area contributed by atoms with Crippen molar-refractivity contribution in [3.8, 4) is 0 Å². The molecule has 4 heteroatoms. The van der Waals surface area contributed by atoms with Gasteiger partial charge in [-0.05, 0) is 37.0 Å². The zero-order chi connectivity index (χ0) is 12.8. The number of hydrogen-bond donors (Lipinski definition) is 2. The first kappa shape index (κ1) is 12.6. The topological polar surface area (TPSA) is 41.1 Å². The number of nitrogens with one attached hydrogen (secondary N) is 2. The Hall–Kier alpha value is -1.84. The average Bonchev–Trinajstić information content (AvgIpc) is 2.82.